The summed E-state index contributed by atoms with van der Waals surface area (Å²) in [5.74, 6) is -0.112. The molecule has 0 saturated carbocycles. The first-order valence-corrected chi connectivity index (χ1v) is 14.3. The topological polar surface area (TPSA) is 35.5 Å². The third kappa shape index (κ3) is 24.1. The Morgan fingerprint density at radius 3 is 1.22 bits per heavy atom. The molecule has 0 radical (unpaired) electrons. The average Bonchev–Trinajstić information content (AvgIpc) is 2.81. The summed E-state index contributed by atoms with van der Waals surface area (Å²) < 4.78 is 10.2. The van der Waals surface area contributed by atoms with E-state index in [9.17, 15) is 4.79 Å². The maximum absolute atomic E-state index is 11.2. The number of ether oxygens (including phenoxy) is 2. The molecule has 0 aromatic heterocycles. The Kier molecular flexibility index (Phi) is 26.2. The summed E-state index contributed by atoms with van der Waals surface area (Å²) in [5, 5.41) is 0. The molecule has 0 aromatic carbocycles. The van der Waals surface area contributed by atoms with Crippen molar-refractivity contribution in [2.75, 3.05) is 14.2 Å². The fraction of sp³-hybridized carbons (Fsp3) is 0.966. The standard InChI is InChI=1S/C29H58O3/c1-4-5-6-7-8-9-10-11-12-13-14-15-16-17-18-19-20-21-22-23-25-28(31-2)26-24-27-29(30)32-3/h28H,4-27H2,1-3H3/t28-/m1/s1. The van der Waals surface area contributed by atoms with E-state index < -0.39 is 0 Å². The minimum absolute atomic E-state index is 0.112. The lowest BCUT2D eigenvalue weighted by molar-refractivity contribution is -0.140. The third-order valence-electron chi connectivity index (χ3n) is 6.85. The Labute approximate surface area is 201 Å². The van der Waals surface area contributed by atoms with Crippen LogP contribution >= 0.6 is 0 Å². The Balaban J connectivity index is 3.20. The van der Waals surface area contributed by atoms with Crippen LogP contribution in [0.1, 0.15) is 161 Å². The van der Waals surface area contributed by atoms with Crippen LogP contribution in [0.2, 0.25) is 0 Å². The predicted molar refractivity (Wildman–Crippen MR) is 139 cm³/mol. The maximum Gasteiger partial charge on any atom is 0.305 e. The predicted octanol–water partition coefficient (Wildman–Crippen LogP) is 9.56. The molecule has 0 N–H and O–H groups in total. The van der Waals surface area contributed by atoms with Crippen molar-refractivity contribution in [1.82, 2.24) is 0 Å². The number of esters is 1. The van der Waals surface area contributed by atoms with Crippen LogP contribution in [0.25, 0.3) is 0 Å². The molecule has 0 unspecified atom stereocenters. The van der Waals surface area contributed by atoms with Gasteiger partial charge in [-0.25, -0.2) is 0 Å². The number of carbonyl (C=O) groups excluding carboxylic acids is 1. The Morgan fingerprint density at radius 1 is 0.531 bits per heavy atom. The highest BCUT2D eigenvalue weighted by atomic mass is 16.5. The maximum atomic E-state index is 11.2. The van der Waals surface area contributed by atoms with Crippen molar-refractivity contribution < 1.29 is 14.3 Å². The molecular formula is C29H58O3. The molecule has 1 atom stereocenters. The lowest BCUT2D eigenvalue weighted by atomic mass is 10.0. The zero-order chi connectivity index (χ0) is 23.5. The van der Waals surface area contributed by atoms with Crippen LogP contribution in [-0.2, 0) is 14.3 Å². The summed E-state index contributed by atoms with van der Waals surface area (Å²) in [6.45, 7) is 2.29. The van der Waals surface area contributed by atoms with E-state index in [-0.39, 0.29) is 5.97 Å². The van der Waals surface area contributed by atoms with E-state index in [4.69, 9.17) is 9.47 Å². The van der Waals surface area contributed by atoms with Gasteiger partial charge in [-0.15, -0.1) is 0 Å². The first-order chi connectivity index (χ1) is 15.7. The van der Waals surface area contributed by atoms with Crippen molar-refractivity contribution in [2.24, 2.45) is 0 Å². The summed E-state index contributed by atoms with van der Waals surface area (Å²) >= 11 is 0. The molecule has 0 rings (SSSR count). The van der Waals surface area contributed by atoms with E-state index in [0.29, 0.717) is 12.5 Å². The molecule has 0 aromatic rings. The second-order valence-corrected chi connectivity index (χ2v) is 9.83. The highest BCUT2D eigenvalue weighted by molar-refractivity contribution is 5.68. The van der Waals surface area contributed by atoms with E-state index >= 15 is 0 Å². The fourth-order valence-electron chi connectivity index (χ4n) is 4.58. The minimum Gasteiger partial charge on any atom is -0.469 e. The van der Waals surface area contributed by atoms with Gasteiger partial charge in [-0.1, -0.05) is 135 Å². The summed E-state index contributed by atoms with van der Waals surface area (Å²) in [6, 6.07) is 0. The van der Waals surface area contributed by atoms with Gasteiger partial charge in [0.25, 0.3) is 0 Å². The SMILES string of the molecule is CCCCCCCCCCCCCCCCCCCCCC[C@H](CCCC(=O)OC)OC. The molecule has 0 bridgehead atoms. The van der Waals surface area contributed by atoms with Crippen LogP contribution in [0.3, 0.4) is 0 Å². The van der Waals surface area contributed by atoms with Crippen molar-refractivity contribution in [2.45, 2.75) is 167 Å². The molecule has 0 heterocycles. The Hall–Kier alpha value is -0.570. The van der Waals surface area contributed by atoms with Gasteiger partial charge >= 0.3 is 5.97 Å². The van der Waals surface area contributed by atoms with Gasteiger partial charge in [-0.2, -0.15) is 0 Å². The van der Waals surface area contributed by atoms with Crippen LogP contribution < -0.4 is 0 Å². The molecule has 0 aliphatic heterocycles. The summed E-state index contributed by atoms with van der Waals surface area (Å²) in [7, 11) is 3.24. The smallest absolute Gasteiger partial charge is 0.305 e. The zero-order valence-electron chi connectivity index (χ0n) is 22.3. The van der Waals surface area contributed by atoms with Crippen LogP contribution in [-0.4, -0.2) is 26.3 Å². The summed E-state index contributed by atoms with van der Waals surface area (Å²) in [4.78, 5) is 11.2. The number of rotatable bonds is 26. The van der Waals surface area contributed by atoms with Crippen molar-refractivity contribution in [3.8, 4) is 0 Å². The van der Waals surface area contributed by atoms with E-state index in [1.165, 1.54) is 136 Å². The molecule has 0 fully saturated rings. The summed E-state index contributed by atoms with van der Waals surface area (Å²) in [5.41, 5.74) is 0. The van der Waals surface area contributed by atoms with Gasteiger partial charge in [0.2, 0.25) is 0 Å². The largest absolute Gasteiger partial charge is 0.469 e. The molecule has 0 spiro atoms. The fourth-order valence-corrected chi connectivity index (χ4v) is 4.58. The van der Waals surface area contributed by atoms with Crippen LogP contribution in [0.15, 0.2) is 0 Å². The monoisotopic (exact) mass is 454 g/mol. The molecule has 32 heavy (non-hydrogen) atoms. The Bertz CT molecular complexity index is 369. The minimum atomic E-state index is -0.112. The highest BCUT2D eigenvalue weighted by Gasteiger charge is 2.08. The van der Waals surface area contributed by atoms with Crippen molar-refractivity contribution >= 4 is 5.97 Å². The normalized spacial score (nSPS) is 12.2. The van der Waals surface area contributed by atoms with Crippen LogP contribution in [0.5, 0.6) is 0 Å². The molecule has 0 aliphatic rings. The van der Waals surface area contributed by atoms with Crippen molar-refractivity contribution in [3.05, 3.63) is 0 Å². The average molecular weight is 455 g/mol. The van der Waals surface area contributed by atoms with Gasteiger partial charge in [-0.3, -0.25) is 4.79 Å². The highest BCUT2D eigenvalue weighted by Crippen LogP contribution is 2.17. The number of hydrogen-bond donors (Lipinski definition) is 0. The number of hydrogen-bond acceptors (Lipinski definition) is 3. The first kappa shape index (κ1) is 31.4. The van der Waals surface area contributed by atoms with Gasteiger partial charge in [0.1, 0.15) is 0 Å². The summed E-state index contributed by atoms with van der Waals surface area (Å²) in [6.07, 6.45) is 32.2. The van der Waals surface area contributed by atoms with Crippen molar-refractivity contribution in [1.29, 1.82) is 0 Å². The quantitative estimate of drug-likeness (QED) is 0.0963. The van der Waals surface area contributed by atoms with E-state index in [1.807, 2.05) is 0 Å². The molecular weight excluding hydrogens is 396 g/mol. The van der Waals surface area contributed by atoms with E-state index in [0.717, 1.165) is 19.3 Å². The van der Waals surface area contributed by atoms with Gasteiger partial charge in [0.05, 0.1) is 13.2 Å². The number of unbranched alkanes of at least 4 members (excludes halogenated alkanes) is 19. The Morgan fingerprint density at radius 2 is 0.875 bits per heavy atom. The zero-order valence-corrected chi connectivity index (χ0v) is 22.3. The van der Waals surface area contributed by atoms with Gasteiger partial charge < -0.3 is 9.47 Å². The molecule has 0 saturated heterocycles. The van der Waals surface area contributed by atoms with Gasteiger partial charge in [0, 0.05) is 13.5 Å². The second-order valence-electron chi connectivity index (χ2n) is 9.83. The number of methoxy groups -OCH3 is 2. The molecule has 0 aliphatic carbocycles. The van der Waals surface area contributed by atoms with Crippen molar-refractivity contribution in [3.63, 3.8) is 0 Å². The van der Waals surface area contributed by atoms with Gasteiger partial charge in [0.15, 0.2) is 0 Å². The molecule has 3 heteroatoms. The second kappa shape index (κ2) is 26.7. The van der Waals surface area contributed by atoms with Gasteiger partial charge in [-0.05, 0) is 19.3 Å². The molecule has 192 valence electrons. The lowest BCUT2D eigenvalue weighted by Crippen LogP contribution is -2.11. The van der Waals surface area contributed by atoms with Crippen LogP contribution in [0.4, 0.5) is 0 Å². The van der Waals surface area contributed by atoms with Crippen LogP contribution in [0, 0.1) is 0 Å². The number of carbonyl (C=O) groups is 1. The lowest BCUT2D eigenvalue weighted by Gasteiger charge is -2.14. The van der Waals surface area contributed by atoms with E-state index in [1.54, 1.807) is 7.11 Å². The third-order valence-corrected chi connectivity index (χ3v) is 6.85. The first-order valence-electron chi connectivity index (χ1n) is 14.3. The molecule has 0 amide bonds. The molecule has 3 nitrogen and oxygen atoms in total. The van der Waals surface area contributed by atoms with E-state index in [2.05, 4.69) is 6.92 Å².